The Morgan fingerprint density at radius 1 is 1.38 bits per heavy atom. The molecule has 1 N–H and O–H groups in total. The molecule has 0 aliphatic carbocycles. The van der Waals surface area contributed by atoms with Crippen molar-refractivity contribution in [2.45, 2.75) is 13.0 Å². The number of imide groups is 1. The molecule has 1 aliphatic rings. The zero-order chi connectivity index (χ0) is 15.6. The van der Waals surface area contributed by atoms with Gasteiger partial charge < -0.3 is 4.90 Å². The second-order valence-electron chi connectivity index (χ2n) is 4.55. The maximum absolute atomic E-state index is 12.1. The van der Waals surface area contributed by atoms with E-state index in [0.29, 0.717) is 15.6 Å². The van der Waals surface area contributed by atoms with Crippen molar-refractivity contribution in [1.82, 2.24) is 10.2 Å². The zero-order valence-corrected chi connectivity index (χ0v) is 12.6. The van der Waals surface area contributed by atoms with Gasteiger partial charge in [-0.05, 0) is 30.7 Å². The molecule has 1 aromatic rings. The van der Waals surface area contributed by atoms with E-state index in [9.17, 15) is 14.4 Å². The second kappa shape index (κ2) is 6.28. The molecule has 110 valence electrons. The number of nitrogens with one attached hydrogen (secondary N) is 1. The van der Waals surface area contributed by atoms with Crippen LogP contribution in [0.3, 0.4) is 0 Å². The van der Waals surface area contributed by atoms with Gasteiger partial charge in [0.15, 0.2) is 0 Å². The fourth-order valence-electron chi connectivity index (χ4n) is 1.88. The quantitative estimate of drug-likeness (QED) is 0.666. The van der Waals surface area contributed by atoms with Crippen LogP contribution in [0, 0.1) is 0 Å². The predicted molar refractivity (Wildman–Crippen MR) is 79.8 cm³/mol. The molecule has 5 nitrogen and oxygen atoms in total. The molecule has 1 aliphatic heterocycles. The minimum atomic E-state index is -0.694. The van der Waals surface area contributed by atoms with Gasteiger partial charge in [0.05, 0.1) is 0 Å². The van der Waals surface area contributed by atoms with E-state index < -0.39 is 23.8 Å². The largest absolute Gasteiger partial charge is 0.318 e. The molecule has 3 amide bonds. The molecule has 0 aromatic heterocycles. The molecule has 0 spiro atoms. The van der Waals surface area contributed by atoms with Crippen molar-refractivity contribution < 1.29 is 14.4 Å². The number of amides is 3. The molecule has 1 atom stereocenters. The van der Waals surface area contributed by atoms with E-state index in [2.05, 4.69) is 5.32 Å². The lowest BCUT2D eigenvalue weighted by atomic mass is 10.1. The van der Waals surface area contributed by atoms with Gasteiger partial charge in [0.25, 0.3) is 0 Å². The molecule has 1 unspecified atom stereocenters. The lowest BCUT2D eigenvalue weighted by molar-refractivity contribution is -0.147. The van der Waals surface area contributed by atoms with E-state index in [1.54, 1.807) is 25.1 Å². The molecule has 1 saturated heterocycles. The summed E-state index contributed by atoms with van der Waals surface area (Å²) in [6.45, 7) is 1.41. The van der Waals surface area contributed by atoms with E-state index in [0.717, 1.165) is 0 Å². The van der Waals surface area contributed by atoms with Crippen molar-refractivity contribution in [3.8, 4) is 0 Å². The van der Waals surface area contributed by atoms with Crippen LogP contribution in [0.5, 0.6) is 0 Å². The van der Waals surface area contributed by atoms with Crippen LogP contribution in [0.2, 0.25) is 10.0 Å². The van der Waals surface area contributed by atoms with Crippen molar-refractivity contribution >= 4 is 47.0 Å². The summed E-state index contributed by atoms with van der Waals surface area (Å²) >= 11 is 11.8. The Hall–Kier alpha value is -1.85. The van der Waals surface area contributed by atoms with Gasteiger partial charge in [-0.1, -0.05) is 29.3 Å². The Morgan fingerprint density at radius 3 is 2.76 bits per heavy atom. The third kappa shape index (κ3) is 3.62. The average molecular weight is 327 g/mol. The fourth-order valence-corrected chi connectivity index (χ4v) is 2.35. The molecule has 7 heteroatoms. The number of carbonyl (C=O) groups excluding carboxylic acids is 3. The first-order valence-electron chi connectivity index (χ1n) is 6.16. The minimum absolute atomic E-state index is 0.148. The Kier molecular flexibility index (Phi) is 4.65. The topological polar surface area (TPSA) is 66.5 Å². The van der Waals surface area contributed by atoms with Gasteiger partial charge in [0.1, 0.15) is 12.6 Å². The van der Waals surface area contributed by atoms with Gasteiger partial charge in [-0.3, -0.25) is 19.7 Å². The Balaban J connectivity index is 2.15. The summed E-state index contributed by atoms with van der Waals surface area (Å²) in [5.41, 5.74) is 0.620. The van der Waals surface area contributed by atoms with Crippen LogP contribution in [0.1, 0.15) is 12.5 Å². The first-order chi connectivity index (χ1) is 9.88. The predicted octanol–water partition coefficient (Wildman–Crippen LogP) is 1.88. The number of hydrogen-bond donors (Lipinski definition) is 1. The fraction of sp³-hybridized carbons (Fsp3) is 0.214. The van der Waals surface area contributed by atoms with Crippen LogP contribution >= 0.6 is 23.2 Å². The number of carbonyl (C=O) groups is 3. The molecule has 1 heterocycles. The van der Waals surface area contributed by atoms with E-state index in [1.165, 1.54) is 17.1 Å². The van der Waals surface area contributed by atoms with E-state index in [4.69, 9.17) is 23.2 Å². The van der Waals surface area contributed by atoms with Gasteiger partial charge in [-0.15, -0.1) is 0 Å². The maximum atomic E-state index is 12.1. The summed E-state index contributed by atoms with van der Waals surface area (Å²) < 4.78 is 0. The van der Waals surface area contributed by atoms with Crippen molar-refractivity contribution in [3.63, 3.8) is 0 Å². The number of hydrogen-bond acceptors (Lipinski definition) is 3. The Bertz CT molecular complexity index is 643. The summed E-state index contributed by atoms with van der Waals surface area (Å²) in [7, 11) is 0. The molecule has 0 bridgehead atoms. The van der Waals surface area contributed by atoms with Crippen LogP contribution in [0.15, 0.2) is 24.3 Å². The SMILES string of the molecule is CC1C(=O)NC(=O)CN1C(=O)C=Cc1ccc(Cl)cc1Cl. The average Bonchev–Trinajstić information content (AvgIpc) is 2.41. The van der Waals surface area contributed by atoms with Gasteiger partial charge in [0.2, 0.25) is 17.7 Å². The van der Waals surface area contributed by atoms with Crippen molar-refractivity contribution in [3.05, 3.63) is 39.9 Å². The highest BCUT2D eigenvalue weighted by Crippen LogP contribution is 2.22. The lowest BCUT2D eigenvalue weighted by Crippen LogP contribution is -2.58. The standard InChI is InChI=1S/C14H12Cl2N2O3/c1-8-14(21)17-12(19)7-18(8)13(20)5-3-9-2-4-10(15)6-11(9)16/h2-6,8H,7H2,1H3,(H,17,19,21). The monoisotopic (exact) mass is 326 g/mol. The lowest BCUT2D eigenvalue weighted by Gasteiger charge is -2.30. The highest BCUT2D eigenvalue weighted by molar-refractivity contribution is 6.35. The summed E-state index contributed by atoms with van der Waals surface area (Å²) in [6, 6.07) is 4.19. The van der Waals surface area contributed by atoms with Crippen molar-refractivity contribution in [2.24, 2.45) is 0 Å². The van der Waals surface area contributed by atoms with Crippen LogP contribution in [-0.2, 0) is 14.4 Å². The van der Waals surface area contributed by atoms with Gasteiger partial charge in [-0.25, -0.2) is 0 Å². The number of piperazine rings is 1. The number of halogens is 2. The molecular formula is C14H12Cl2N2O3. The molecule has 0 radical (unpaired) electrons. The first kappa shape index (κ1) is 15.5. The summed E-state index contributed by atoms with van der Waals surface area (Å²) in [6.07, 6.45) is 2.79. The summed E-state index contributed by atoms with van der Waals surface area (Å²) in [5.74, 6) is -1.42. The van der Waals surface area contributed by atoms with Gasteiger partial charge in [0, 0.05) is 16.1 Å². The van der Waals surface area contributed by atoms with Crippen molar-refractivity contribution in [1.29, 1.82) is 0 Å². The van der Waals surface area contributed by atoms with E-state index in [1.807, 2.05) is 0 Å². The number of rotatable bonds is 2. The van der Waals surface area contributed by atoms with Gasteiger partial charge >= 0.3 is 0 Å². The maximum Gasteiger partial charge on any atom is 0.249 e. The summed E-state index contributed by atoms with van der Waals surface area (Å²) in [4.78, 5) is 36.1. The van der Waals surface area contributed by atoms with Crippen LogP contribution < -0.4 is 5.32 Å². The van der Waals surface area contributed by atoms with E-state index >= 15 is 0 Å². The van der Waals surface area contributed by atoms with Crippen LogP contribution in [-0.4, -0.2) is 35.2 Å². The molecular weight excluding hydrogens is 315 g/mol. The molecule has 21 heavy (non-hydrogen) atoms. The molecule has 1 fully saturated rings. The molecule has 0 saturated carbocycles. The zero-order valence-electron chi connectivity index (χ0n) is 11.1. The normalized spacial score (nSPS) is 19.0. The Morgan fingerprint density at radius 2 is 2.10 bits per heavy atom. The number of benzene rings is 1. The third-order valence-corrected chi connectivity index (χ3v) is 3.64. The summed E-state index contributed by atoms with van der Waals surface area (Å²) in [5, 5.41) is 3.08. The Labute approximate surface area is 131 Å². The molecule has 2 rings (SSSR count). The van der Waals surface area contributed by atoms with Crippen LogP contribution in [0.25, 0.3) is 6.08 Å². The molecule has 1 aromatic carbocycles. The highest BCUT2D eigenvalue weighted by atomic mass is 35.5. The van der Waals surface area contributed by atoms with E-state index in [-0.39, 0.29) is 6.54 Å². The van der Waals surface area contributed by atoms with Gasteiger partial charge in [-0.2, -0.15) is 0 Å². The first-order valence-corrected chi connectivity index (χ1v) is 6.91. The van der Waals surface area contributed by atoms with Crippen molar-refractivity contribution in [2.75, 3.05) is 6.54 Å². The third-order valence-electron chi connectivity index (χ3n) is 3.07. The number of nitrogens with zero attached hydrogens (tertiary/aromatic N) is 1. The second-order valence-corrected chi connectivity index (χ2v) is 5.40. The minimum Gasteiger partial charge on any atom is -0.318 e. The highest BCUT2D eigenvalue weighted by Gasteiger charge is 2.32. The van der Waals surface area contributed by atoms with Crippen LogP contribution in [0.4, 0.5) is 0 Å². The smallest absolute Gasteiger partial charge is 0.249 e.